The molecule has 0 unspecified atom stereocenters. The van der Waals surface area contributed by atoms with Crippen molar-refractivity contribution in [2.75, 3.05) is 0 Å². The molecule has 2 fully saturated rings. The van der Waals surface area contributed by atoms with Gasteiger partial charge in [0, 0.05) is 18.9 Å². The zero-order valence-corrected chi connectivity index (χ0v) is 15.4. The van der Waals surface area contributed by atoms with Gasteiger partial charge in [-0.3, -0.25) is 5.32 Å². The van der Waals surface area contributed by atoms with Crippen LogP contribution in [0.5, 0.6) is 5.75 Å². The molecule has 0 saturated carbocycles. The largest absolute Gasteiger partial charge is 0.490 e. The third-order valence-corrected chi connectivity index (χ3v) is 4.84. The van der Waals surface area contributed by atoms with Gasteiger partial charge >= 0.3 is 12.1 Å². The summed E-state index contributed by atoms with van der Waals surface area (Å²) in [5.41, 5.74) is -0.239. The van der Waals surface area contributed by atoms with Crippen molar-refractivity contribution in [3.63, 3.8) is 0 Å². The third kappa shape index (κ3) is 5.03. The number of benzene rings is 1. The highest BCUT2D eigenvalue weighted by molar-refractivity contribution is 5.76. The van der Waals surface area contributed by atoms with Crippen molar-refractivity contribution >= 4 is 12.0 Å². The zero-order chi connectivity index (χ0) is 19.7. The number of hydrogen-bond acceptors (Lipinski definition) is 4. The molecule has 0 radical (unpaired) electrons. The molecule has 3 rings (SSSR count). The number of hydrogen-bond donors (Lipinski definition) is 1. The molecular weight excluding hydrogens is 359 g/mol. The van der Waals surface area contributed by atoms with Gasteiger partial charge in [-0.25, -0.2) is 4.79 Å². The van der Waals surface area contributed by atoms with Gasteiger partial charge in [-0.2, -0.15) is 13.2 Å². The van der Waals surface area contributed by atoms with Crippen molar-refractivity contribution in [2.45, 2.75) is 63.6 Å². The Morgan fingerprint density at radius 2 is 2.00 bits per heavy atom. The quantitative estimate of drug-likeness (QED) is 0.763. The van der Waals surface area contributed by atoms with Crippen LogP contribution in [0.15, 0.2) is 30.3 Å². The van der Waals surface area contributed by atoms with E-state index < -0.39 is 17.9 Å². The second kappa shape index (κ2) is 7.54. The molecule has 2 saturated heterocycles. The fourth-order valence-electron chi connectivity index (χ4n) is 3.63. The van der Waals surface area contributed by atoms with E-state index in [-0.39, 0.29) is 18.6 Å². The van der Waals surface area contributed by atoms with Gasteiger partial charge in [-0.15, -0.1) is 0 Å². The molecule has 148 valence electrons. The lowest BCUT2D eigenvalue weighted by atomic mass is 9.99. The lowest BCUT2D eigenvalue weighted by Crippen LogP contribution is -2.56. The zero-order valence-electron chi connectivity index (χ0n) is 15.4. The highest BCUT2D eigenvalue weighted by Gasteiger charge is 2.53. The Hall–Kier alpha value is -2.02. The predicted molar refractivity (Wildman–Crippen MR) is 95.0 cm³/mol. The normalized spacial score (nSPS) is 27.9. The molecular formula is C20H24F3NO3. The number of esters is 1. The summed E-state index contributed by atoms with van der Waals surface area (Å²) in [6, 6.07) is 7.54. The Morgan fingerprint density at radius 3 is 2.63 bits per heavy atom. The molecule has 2 aliphatic heterocycles. The Kier molecular flexibility index (Phi) is 5.51. The summed E-state index contributed by atoms with van der Waals surface area (Å²) in [5.74, 6) is -1.04. The van der Waals surface area contributed by atoms with E-state index >= 15 is 0 Å². The van der Waals surface area contributed by atoms with Gasteiger partial charge in [0.2, 0.25) is 0 Å². The van der Waals surface area contributed by atoms with Crippen molar-refractivity contribution in [2.24, 2.45) is 5.92 Å². The first-order chi connectivity index (χ1) is 12.7. The summed E-state index contributed by atoms with van der Waals surface area (Å²) < 4.78 is 48.5. The summed E-state index contributed by atoms with van der Waals surface area (Å²) in [5, 5.41) is 3.03. The Bertz CT molecular complexity index is 699. The molecule has 7 heteroatoms. The fourth-order valence-corrected chi connectivity index (χ4v) is 3.63. The van der Waals surface area contributed by atoms with Crippen molar-refractivity contribution in [1.29, 1.82) is 0 Å². The molecule has 3 atom stereocenters. The molecule has 1 N–H and O–H groups in total. The van der Waals surface area contributed by atoms with E-state index in [1.54, 1.807) is 0 Å². The number of rotatable bonds is 5. The van der Waals surface area contributed by atoms with Gasteiger partial charge in [0.15, 0.2) is 5.72 Å². The highest BCUT2D eigenvalue weighted by Crippen LogP contribution is 2.39. The van der Waals surface area contributed by atoms with E-state index in [2.05, 4.69) is 25.2 Å². The maximum atomic E-state index is 12.6. The van der Waals surface area contributed by atoms with E-state index in [4.69, 9.17) is 9.47 Å². The molecule has 0 amide bonds. The number of ether oxygens (including phenoxy) is 2. The first-order valence-electron chi connectivity index (χ1n) is 9.18. The first-order valence-corrected chi connectivity index (χ1v) is 9.18. The van der Waals surface area contributed by atoms with E-state index in [9.17, 15) is 18.0 Å². The fraction of sp³-hybridized carbons (Fsp3) is 0.550. The first kappa shape index (κ1) is 19.7. The van der Waals surface area contributed by atoms with Crippen LogP contribution in [0.25, 0.3) is 6.08 Å². The lowest BCUT2D eigenvalue weighted by Gasteiger charge is -2.38. The number of piperidine rings is 1. The minimum absolute atomic E-state index is 0.0157. The second-order valence-corrected chi connectivity index (χ2v) is 7.61. The summed E-state index contributed by atoms with van der Waals surface area (Å²) >= 11 is 0. The van der Waals surface area contributed by atoms with Crippen LogP contribution in [-0.2, 0) is 9.53 Å². The number of fused-ring (bicyclic) bond motifs is 2. The van der Waals surface area contributed by atoms with Crippen LogP contribution in [0, 0.1) is 5.92 Å². The van der Waals surface area contributed by atoms with Crippen LogP contribution >= 0.6 is 0 Å². The molecule has 2 aliphatic rings. The van der Waals surface area contributed by atoms with E-state index in [0.717, 1.165) is 5.56 Å². The van der Waals surface area contributed by atoms with Crippen LogP contribution in [0.1, 0.15) is 45.1 Å². The summed E-state index contributed by atoms with van der Waals surface area (Å²) in [6.45, 7) is 4.20. The molecule has 0 aromatic heterocycles. The molecule has 2 heterocycles. The monoisotopic (exact) mass is 383 g/mol. The number of halogens is 3. The topological polar surface area (TPSA) is 47.6 Å². The van der Waals surface area contributed by atoms with E-state index in [1.165, 1.54) is 0 Å². The third-order valence-electron chi connectivity index (χ3n) is 4.84. The number of carbonyl (C=O) groups excluding carboxylic acids is 1. The average molecular weight is 383 g/mol. The minimum Gasteiger partial charge on any atom is -0.490 e. The van der Waals surface area contributed by atoms with Crippen molar-refractivity contribution in [3.05, 3.63) is 35.9 Å². The standard InChI is InChI=1S/C20H24F3NO3/c1-13(2)3-4-14-5-7-16(8-6-14)26-17-11-15-9-10-19(12-17,24-15)27-18(25)20(21,22)23/h3-8,13,15,17,24H,9-12H2,1-2H3/b4-3+/t15-,17+,19+/m0/s1. The van der Waals surface area contributed by atoms with Crippen molar-refractivity contribution < 1.29 is 27.4 Å². The van der Waals surface area contributed by atoms with Crippen molar-refractivity contribution in [3.8, 4) is 5.75 Å². The van der Waals surface area contributed by atoms with Gasteiger partial charge in [-0.1, -0.05) is 38.1 Å². The Labute approximate surface area is 156 Å². The summed E-state index contributed by atoms with van der Waals surface area (Å²) in [6.07, 6.45) is 0.700. The van der Waals surface area contributed by atoms with E-state index in [0.29, 0.717) is 30.9 Å². The number of allylic oxidation sites excluding steroid dienone is 1. The molecule has 2 bridgehead atoms. The molecule has 1 aromatic rings. The maximum absolute atomic E-state index is 12.6. The smallest absolute Gasteiger partial charge is 0.490 e. The van der Waals surface area contributed by atoms with Gasteiger partial charge in [0.25, 0.3) is 0 Å². The molecule has 4 nitrogen and oxygen atoms in total. The number of alkyl halides is 3. The van der Waals surface area contributed by atoms with Crippen LogP contribution in [0.2, 0.25) is 0 Å². The second-order valence-electron chi connectivity index (χ2n) is 7.61. The molecule has 0 spiro atoms. The minimum atomic E-state index is -5.00. The van der Waals surface area contributed by atoms with Gasteiger partial charge in [-0.05, 0) is 36.5 Å². The summed E-state index contributed by atoms with van der Waals surface area (Å²) in [4.78, 5) is 11.3. The predicted octanol–water partition coefficient (Wildman–Crippen LogP) is 4.45. The molecule has 0 aliphatic carbocycles. The Morgan fingerprint density at radius 1 is 1.30 bits per heavy atom. The Balaban J connectivity index is 1.64. The van der Waals surface area contributed by atoms with Gasteiger partial charge in [0.05, 0.1) is 0 Å². The van der Waals surface area contributed by atoms with Crippen LogP contribution in [0.3, 0.4) is 0 Å². The number of carbonyl (C=O) groups is 1. The number of nitrogens with one attached hydrogen (secondary N) is 1. The molecule has 27 heavy (non-hydrogen) atoms. The van der Waals surface area contributed by atoms with E-state index in [1.807, 2.05) is 30.3 Å². The van der Waals surface area contributed by atoms with Crippen LogP contribution < -0.4 is 10.1 Å². The molecule has 1 aromatic carbocycles. The van der Waals surface area contributed by atoms with Crippen LogP contribution in [-0.4, -0.2) is 30.0 Å². The van der Waals surface area contributed by atoms with Crippen molar-refractivity contribution in [1.82, 2.24) is 5.32 Å². The van der Waals surface area contributed by atoms with Gasteiger partial charge < -0.3 is 9.47 Å². The highest BCUT2D eigenvalue weighted by atomic mass is 19.4. The SMILES string of the molecule is CC(C)/C=C/c1ccc(O[C@@H]2C[C@@H]3CC[C@@](OC(=O)C(F)(F)F)(C2)N3)cc1. The maximum Gasteiger partial charge on any atom is 0.490 e. The summed E-state index contributed by atoms with van der Waals surface area (Å²) in [7, 11) is 0. The van der Waals surface area contributed by atoms with Crippen LogP contribution in [0.4, 0.5) is 13.2 Å². The average Bonchev–Trinajstić information content (AvgIpc) is 2.88. The lowest BCUT2D eigenvalue weighted by molar-refractivity contribution is -0.219. The van der Waals surface area contributed by atoms with Gasteiger partial charge in [0.1, 0.15) is 11.9 Å².